The van der Waals surface area contributed by atoms with Crippen LogP contribution in [0.25, 0.3) is 0 Å². The molecule has 1 aliphatic heterocycles. The predicted molar refractivity (Wildman–Crippen MR) is 114 cm³/mol. The average molecular weight is 459 g/mol. The van der Waals surface area contributed by atoms with Gasteiger partial charge in [-0.25, -0.2) is 22.8 Å². The minimum absolute atomic E-state index is 0.143. The first-order chi connectivity index (χ1) is 15.2. The molecule has 2 aliphatic rings. The lowest BCUT2D eigenvalue weighted by Gasteiger charge is -2.33. The number of sulfonamides is 1. The zero-order chi connectivity index (χ0) is 23.0. The molecule has 0 radical (unpaired) electrons. The molecule has 1 saturated heterocycles. The van der Waals surface area contributed by atoms with Gasteiger partial charge in [0, 0.05) is 11.6 Å². The Morgan fingerprint density at radius 2 is 1.59 bits per heavy atom. The van der Waals surface area contributed by atoms with E-state index in [1.54, 1.807) is 0 Å². The van der Waals surface area contributed by atoms with Crippen LogP contribution >= 0.6 is 0 Å². The molecule has 0 bridgehead atoms. The summed E-state index contributed by atoms with van der Waals surface area (Å²) in [6.45, 7) is 0. The summed E-state index contributed by atoms with van der Waals surface area (Å²) in [5.74, 6) is -1.94. The molecule has 3 amide bonds. The summed E-state index contributed by atoms with van der Waals surface area (Å²) in [6, 6.07) is 9.02. The lowest BCUT2D eigenvalue weighted by atomic mass is 10.1. The lowest BCUT2D eigenvalue weighted by molar-refractivity contribution is -0.123. The number of carbonyl (C=O) groups excluding carboxylic acids is 3. The van der Waals surface area contributed by atoms with Crippen molar-refractivity contribution in [2.75, 3.05) is 4.90 Å². The molecule has 10 heteroatoms. The summed E-state index contributed by atoms with van der Waals surface area (Å²) in [5, 5.41) is 5.10. The van der Waals surface area contributed by atoms with Gasteiger partial charge >= 0.3 is 0 Å². The van der Waals surface area contributed by atoms with Crippen molar-refractivity contribution in [1.29, 1.82) is 0 Å². The van der Waals surface area contributed by atoms with Crippen molar-refractivity contribution in [3.05, 3.63) is 59.9 Å². The number of anilines is 1. The number of halogens is 1. The Labute approximate surface area is 184 Å². The highest BCUT2D eigenvalue weighted by Crippen LogP contribution is 2.33. The highest BCUT2D eigenvalue weighted by molar-refractivity contribution is 7.89. The summed E-state index contributed by atoms with van der Waals surface area (Å²) >= 11 is 0. The highest BCUT2D eigenvalue weighted by Gasteiger charge is 2.47. The van der Waals surface area contributed by atoms with Gasteiger partial charge in [0.05, 0.1) is 17.0 Å². The molecule has 1 aliphatic carbocycles. The number of hydrogen-bond acceptors (Lipinski definition) is 5. The number of benzene rings is 2. The van der Waals surface area contributed by atoms with Crippen molar-refractivity contribution in [2.24, 2.45) is 5.14 Å². The Balaban J connectivity index is 1.65. The Kier molecular flexibility index (Phi) is 5.83. The molecule has 1 heterocycles. The number of hydrogen-bond donors (Lipinski definition) is 1. The van der Waals surface area contributed by atoms with Gasteiger partial charge in [0.15, 0.2) is 0 Å². The van der Waals surface area contributed by atoms with Crippen molar-refractivity contribution < 1.29 is 27.2 Å². The second-order valence-electron chi connectivity index (χ2n) is 7.98. The Morgan fingerprint density at radius 1 is 1.00 bits per heavy atom. The molecule has 1 atom stereocenters. The van der Waals surface area contributed by atoms with E-state index in [0.717, 1.165) is 17.7 Å². The average Bonchev–Trinajstić information content (AvgIpc) is 3.37. The van der Waals surface area contributed by atoms with Gasteiger partial charge in [0.2, 0.25) is 15.9 Å². The minimum atomic E-state index is -3.92. The Bertz CT molecular complexity index is 1160. The lowest BCUT2D eigenvalue weighted by Crippen LogP contribution is -2.50. The molecule has 0 spiro atoms. The third-order valence-corrected chi connectivity index (χ3v) is 6.86. The summed E-state index contributed by atoms with van der Waals surface area (Å²) in [6.07, 6.45) is 3.07. The smallest absolute Gasteiger partial charge is 0.257 e. The maximum atomic E-state index is 13.3. The van der Waals surface area contributed by atoms with Gasteiger partial charge in [-0.3, -0.25) is 14.4 Å². The van der Waals surface area contributed by atoms with E-state index in [1.165, 1.54) is 53.4 Å². The first-order valence-corrected chi connectivity index (χ1v) is 11.8. The number of nitrogens with two attached hydrogens (primary N) is 1. The molecule has 32 heavy (non-hydrogen) atoms. The maximum Gasteiger partial charge on any atom is 0.257 e. The third-order valence-electron chi connectivity index (χ3n) is 5.93. The van der Waals surface area contributed by atoms with Crippen molar-refractivity contribution in [1.82, 2.24) is 4.90 Å². The fraction of sp³-hybridized carbons (Fsp3) is 0.318. The van der Waals surface area contributed by atoms with Crippen LogP contribution in [0.4, 0.5) is 10.1 Å². The van der Waals surface area contributed by atoms with Crippen LogP contribution in [0.2, 0.25) is 0 Å². The number of rotatable bonds is 5. The van der Waals surface area contributed by atoms with Gasteiger partial charge in [-0.05, 0) is 61.4 Å². The summed E-state index contributed by atoms with van der Waals surface area (Å²) < 4.78 is 36.3. The van der Waals surface area contributed by atoms with E-state index in [9.17, 15) is 27.2 Å². The van der Waals surface area contributed by atoms with Gasteiger partial charge in [0.25, 0.3) is 11.8 Å². The van der Waals surface area contributed by atoms with Crippen LogP contribution in [-0.2, 0) is 19.6 Å². The number of primary sulfonamides is 1. The second-order valence-corrected chi connectivity index (χ2v) is 9.55. The van der Waals surface area contributed by atoms with Crippen LogP contribution < -0.4 is 10.0 Å². The predicted octanol–water partition coefficient (Wildman–Crippen LogP) is 2.19. The van der Waals surface area contributed by atoms with Crippen molar-refractivity contribution in [2.45, 2.75) is 49.1 Å². The molecule has 2 N–H and O–H groups in total. The molecular weight excluding hydrogens is 437 g/mol. The Hall–Kier alpha value is -3.11. The first kappa shape index (κ1) is 22.1. The van der Waals surface area contributed by atoms with E-state index >= 15 is 0 Å². The molecule has 2 aromatic rings. The van der Waals surface area contributed by atoms with Crippen LogP contribution in [0.3, 0.4) is 0 Å². The van der Waals surface area contributed by atoms with Gasteiger partial charge in [-0.15, -0.1) is 0 Å². The maximum absolute atomic E-state index is 13.3. The normalized spacial score (nSPS) is 19.6. The van der Waals surface area contributed by atoms with Crippen molar-refractivity contribution in [3.8, 4) is 0 Å². The van der Waals surface area contributed by atoms with Crippen LogP contribution in [0, 0.1) is 5.82 Å². The molecule has 1 unspecified atom stereocenters. The van der Waals surface area contributed by atoms with Crippen LogP contribution in [0.5, 0.6) is 0 Å². The SMILES string of the molecule is NS(=O)(=O)c1ccc(N2C(=O)CC(N(C(=O)c3ccc(F)cc3)C3CCCC3)C2=O)cc1. The van der Waals surface area contributed by atoms with E-state index in [1.807, 2.05) is 0 Å². The largest absolute Gasteiger partial charge is 0.323 e. The highest BCUT2D eigenvalue weighted by atomic mass is 32.2. The molecule has 4 rings (SSSR count). The fourth-order valence-corrected chi connectivity index (χ4v) is 4.89. The standard InChI is InChI=1S/C22H22FN3O5S/c23-15-7-5-14(6-8-15)21(28)25(16-3-1-2-4-16)19-13-20(27)26(22(19)29)17-9-11-18(12-10-17)32(24,30)31/h5-12,16,19H,1-4,13H2,(H2,24,30,31). The van der Waals surface area contributed by atoms with E-state index in [-0.39, 0.29) is 28.6 Å². The van der Waals surface area contributed by atoms with Gasteiger partial charge in [-0.2, -0.15) is 0 Å². The molecule has 2 aromatic carbocycles. The zero-order valence-corrected chi connectivity index (χ0v) is 17.9. The number of nitrogens with zero attached hydrogens (tertiary/aromatic N) is 2. The molecule has 0 aromatic heterocycles. The first-order valence-electron chi connectivity index (χ1n) is 10.2. The van der Waals surface area contributed by atoms with Gasteiger partial charge < -0.3 is 4.90 Å². The minimum Gasteiger partial charge on any atom is -0.323 e. The van der Waals surface area contributed by atoms with E-state index in [2.05, 4.69) is 0 Å². The zero-order valence-electron chi connectivity index (χ0n) is 17.1. The number of amides is 3. The number of carbonyl (C=O) groups is 3. The monoisotopic (exact) mass is 459 g/mol. The third kappa shape index (κ3) is 4.15. The molecule has 168 valence electrons. The molecule has 1 saturated carbocycles. The Morgan fingerprint density at radius 3 is 2.16 bits per heavy atom. The fourth-order valence-electron chi connectivity index (χ4n) is 4.38. The van der Waals surface area contributed by atoms with Gasteiger partial charge in [0.1, 0.15) is 11.9 Å². The van der Waals surface area contributed by atoms with E-state index < -0.39 is 39.6 Å². The van der Waals surface area contributed by atoms with Crippen molar-refractivity contribution in [3.63, 3.8) is 0 Å². The van der Waals surface area contributed by atoms with Crippen molar-refractivity contribution >= 4 is 33.4 Å². The van der Waals surface area contributed by atoms with E-state index in [4.69, 9.17) is 5.14 Å². The van der Waals surface area contributed by atoms with Crippen LogP contribution in [0.15, 0.2) is 53.4 Å². The quantitative estimate of drug-likeness (QED) is 0.688. The molecule has 2 fully saturated rings. The molecular formula is C22H22FN3O5S. The molecule has 8 nitrogen and oxygen atoms in total. The van der Waals surface area contributed by atoms with E-state index in [0.29, 0.717) is 12.8 Å². The van der Waals surface area contributed by atoms with Crippen LogP contribution in [-0.4, -0.2) is 43.1 Å². The summed E-state index contributed by atoms with van der Waals surface area (Å²) in [5.41, 5.74) is 0.449. The summed E-state index contributed by atoms with van der Waals surface area (Å²) in [7, 11) is -3.92. The topological polar surface area (TPSA) is 118 Å². The number of imide groups is 1. The van der Waals surface area contributed by atoms with Gasteiger partial charge in [-0.1, -0.05) is 12.8 Å². The van der Waals surface area contributed by atoms with Crippen LogP contribution in [0.1, 0.15) is 42.5 Å². The second kappa shape index (κ2) is 8.44. The summed E-state index contributed by atoms with van der Waals surface area (Å²) in [4.78, 5) is 41.7.